The first-order valence-electron chi connectivity index (χ1n) is 7.19. The smallest absolute Gasteiger partial charge is 0.271 e. The van der Waals surface area contributed by atoms with Gasteiger partial charge in [-0.3, -0.25) is 4.79 Å². The third kappa shape index (κ3) is 3.95. The molecule has 0 saturated carbocycles. The third-order valence-corrected chi connectivity index (χ3v) is 3.23. The zero-order valence-corrected chi connectivity index (χ0v) is 13.0. The lowest BCUT2D eigenvalue weighted by molar-refractivity contribution is 0.0954. The Bertz CT molecular complexity index is 664. The van der Waals surface area contributed by atoms with Crippen molar-refractivity contribution in [3.63, 3.8) is 0 Å². The quantitative estimate of drug-likeness (QED) is 0.678. The van der Waals surface area contributed by atoms with Crippen molar-refractivity contribution in [1.82, 2.24) is 5.43 Å². The number of carbonyl (C=O) groups excluding carboxylic acids is 1. The second kappa shape index (κ2) is 7.41. The molecule has 2 aromatic rings. The summed E-state index contributed by atoms with van der Waals surface area (Å²) < 4.78 is 5.12. The van der Waals surface area contributed by atoms with Gasteiger partial charge < -0.3 is 4.74 Å². The summed E-state index contributed by atoms with van der Waals surface area (Å²) in [5, 5.41) is 4.30. The molecule has 0 spiro atoms. The van der Waals surface area contributed by atoms with Gasteiger partial charge in [0.2, 0.25) is 0 Å². The van der Waals surface area contributed by atoms with Crippen LogP contribution < -0.4 is 10.2 Å². The Balaban J connectivity index is 2.18. The molecule has 0 fully saturated rings. The number of hydrogen-bond acceptors (Lipinski definition) is 3. The molecule has 1 amide bonds. The third-order valence-electron chi connectivity index (χ3n) is 3.23. The molecule has 4 heteroatoms. The van der Waals surface area contributed by atoms with Gasteiger partial charge in [0.05, 0.1) is 12.8 Å². The van der Waals surface area contributed by atoms with E-state index < -0.39 is 0 Å². The molecule has 0 unspecified atom stereocenters. The predicted octanol–water partition coefficient (Wildman–Crippen LogP) is 3.49. The molecular formula is C18H20N2O2. The lowest BCUT2D eigenvalue weighted by Gasteiger charge is -2.11. The van der Waals surface area contributed by atoms with Crippen molar-refractivity contribution in [3.8, 4) is 5.75 Å². The minimum Gasteiger partial charge on any atom is -0.497 e. The van der Waals surface area contributed by atoms with Crippen LogP contribution in [0.4, 0.5) is 0 Å². The number of nitrogens with one attached hydrogen (secondary N) is 1. The van der Waals surface area contributed by atoms with Crippen LogP contribution >= 0.6 is 0 Å². The van der Waals surface area contributed by atoms with Crippen LogP contribution in [0.25, 0.3) is 0 Å². The summed E-state index contributed by atoms with van der Waals surface area (Å²) in [6, 6.07) is 16.8. The van der Waals surface area contributed by atoms with E-state index in [1.54, 1.807) is 31.4 Å². The molecule has 0 heterocycles. The number of ether oxygens (including phenoxy) is 1. The highest BCUT2D eigenvalue weighted by molar-refractivity contribution is 6.03. The fourth-order valence-corrected chi connectivity index (χ4v) is 2.08. The summed E-state index contributed by atoms with van der Waals surface area (Å²) in [5.41, 5.74) is 4.98. The fourth-order valence-electron chi connectivity index (χ4n) is 2.08. The van der Waals surface area contributed by atoms with E-state index in [0.29, 0.717) is 11.3 Å². The maximum atomic E-state index is 12.2. The number of amides is 1. The van der Waals surface area contributed by atoms with E-state index in [4.69, 9.17) is 4.74 Å². The second-order valence-corrected chi connectivity index (χ2v) is 5.19. The first kappa shape index (κ1) is 15.8. The van der Waals surface area contributed by atoms with Crippen LogP contribution in [-0.2, 0) is 0 Å². The van der Waals surface area contributed by atoms with Gasteiger partial charge >= 0.3 is 0 Å². The normalized spacial score (nSPS) is 11.4. The number of benzene rings is 2. The van der Waals surface area contributed by atoms with Crippen LogP contribution in [-0.4, -0.2) is 18.7 Å². The average molecular weight is 296 g/mol. The van der Waals surface area contributed by atoms with Crippen molar-refractivity contribution in [2.24, 2.45) is 11.0 Å². The Morgan fingerprint density at radius 3 is 2.36 bits per heavy atom. The molecule has 0 bridgehead atoms. The summed E-state index contributed by atoms with van der Waals surface area (Å²) in [7, 11) is 1.57. The van der Waals surface area contributed by atoms with E-state index in [1.165, 1.54) is 0 Å². The van der Waals surface area contributed by atoms with E-state index in [-0.39, 0.29) is 11.8 Å². The second-order valence-electron chi connectivity index (χ2n) is 5.19. The first-order valence-corrected chi connectivity index (χ1v) is 7.19. The van der Waals surface area contributed by atoms with Gasteiger partial charge in [0, 0.05) is 5.56 Å². The van der Waals surface area contributed by atoms with Crippen molar-refractivity contribution < 1.29 is 9.53 Å². The standard InChI is InChI=1S/C18H20N2O2/c1-13(2)17(14-8-5-4-6-9-14)19-20-18(21)15-10-7-11-16(12-15)22-3/h4-13H,1-3H3,(H,20,21)/b19-17+. The van der Waals surface area contributed by atoms with Crippen molar-refractivity contribution in [2.45, 2.75) is 13.8 Å². The van der Waals surface area contributed by atoms with Crippen LogP contribution in [0.1, 0.15) is 29.8 Å². The Morgan fingerprint density at radius 2 is 1.73 bits per heavy atom. The van der Waals surface area contributed by atoms with Crippen molar-refractivity contribution in [2.75, 3.05) is 7.11 Å². The van der Waals surface area contributed by atoms with Crippen LogP contribution in [0.3, 0.4) is 0 Å². The van der Waals surface area contributed by atoms with Gasteiger partial charge in [0.1, 0.15) is 5.75 Å². The summed E-state index contributed by atoms with van der Waals surface area (Å²) in [4.78, 5) is 12.2. The summed E-state index contributed by atoms with van der Waals surface area (Å²) in [6.45, 7) is 4.09. The van der Waals surface area contributed by atoms with E-state index in [0.717, 1.165) is 11.3 Å². The minimum absolute atomic E-state index is 0.202. The monoisotopic (exact) mass is 296 g/mol. The van der Waals surface area contributed by atoms with Crippen molar-refractivity contribution in [3.05, 3.63) is 65.7 Å². The van der Waals surface area contributed by atoms with Gasteiger partial charge in [-0.2, -0.15) is 5.10 Å². The van der Waals surface area contributed by atoms with E-state index >= 15 is 0 Å². The molecule has 4 nitrogen and oxygen atoms in total. The topological polar surface area (TPSA) is 50.7 Å². The molecule has 114 valence electrons. The molecule has 0 radical (unpaired) electrons. The molecule has 0 atom stereocenters. The van der Waals surface area contributed by atoms with Gasteiger partial charge in [0.25, 0.3) is 5.91 Å². The Hall–Kier alpha value is -2.62. The van der Waals surface area contributed by atoms with Crippen LogP contribution in [0.15, 0.2) is 59.7 Å². The zero-order chi connectivity index (χ0) is 15.9. The van der Waals surface area contributed by atoms with Crippen molar-refractivity contribution >= 4 is 11.6 Å². The van der Waals surface area contributed by atoms with Gasteiger partial charge in [0.15, 0.2) is 0 Å². The number of carbonyl (C=O) groups is 1. The molecule has 22 heavy (non-hydrogen) atoms. The van der Waals surface area contributed by atoms with E-state index in [1.807, 2.05) is 44.2 Å². The average Bonchev–Trinajstić information content (AvgIpc) is 2.55. The summed E-state index contributed by atoms with van der Waals surface area (Å²) in [5.74, 6) is 0.588. The molecular weight excluding hydrogens is 276 g/mol. The molecule has 0 aliphatic carbocycles. The number of hydrogen-bond donors (Lipinski definition) is 1. The van der Waals surface area contributed by atoms with Crippen LogP contribution in [0.5, 0.6) is 5.75 Å². The number of rotatable bonds is 5. The van der Waals surface area contributed by atoms with E-state index in [9.17, 15) is 4.79 Å². The first-order chi connectivity index (χ1) is 10.6. The van der Waals surface area contributed by atoms with Crippen LogP contribution in [0.2, 0.25) is 0 Å². The SMILES string of the molecule is COc1cccc(C(=O)N/N=C(/c2ccccc2)C(C)C)c1. The summed E-state index contributed by atoms with van der Waals surface area (Å²) >= 11 is 0. The lowest BCUT2D eigenvalue weighted by atomic mass is 10.0. The number of hydrazone groups is 1. The Labute approximate surface area is 130 Å². The van der Waals surface area contributed by atoms with Crippen molar-refractivity contribution in [1.29, 1.82) is 0 Å². The number of nitrogens with zero attached hydrogens (tertiary/aromatic N) is 1. The molecule has 2 aromatic carbocycles. The summed E-state index contributed by atoms with van der Waals surface area (Å²) in [6.07, 6.45) is 0. The van der Waals surface area contributed by atoms with Crippen LogP contribution in [0, 0.1) is 5.92 Å². The van der Waals surface area contributed by atoms with Gasteiger partial charge in [-0.25, -0.2) is 5.43 Å². The van der Waals surface area contributed by atoms with Gasteiger partial charge in [-0.05, 0) is 29.7 Å². The molecule has 2 rings (SSSR count). The fraction of sp³-hybridized carbons (Fsp3) is 0.222. The zero-order valence-electron chi connectivity index (χ0n) is 13.0. The lowest BCUT2D eigenvalue weighted by Crippen LogP contribution is -2.22. The Kier molecular flexibility index (Phi) is 5.31. The minimum atomic E-state index is -0.256. The highest BCUT2D eigenvalue weighted by Gasteiger charge is 2.10. The highest BCUT2D eigenvalue weighted by atomic mass is 16.5. The molecule has 0 aliphatic rings. The van der Waals surface area contributed by atoms with Gasteiger partial charge in [-0.1, -0.05) is 50.2 Å². The maximum absolute atomic E-state index is 12.2. The molecule has 1 N–H and O–H groups in total. The largest absolute Gasteiger partial charge is 0.497 e. The molecule has 0 aliphatic heterocycles. The predicted molar refractivity (Wildman–Crippen MR) is 88.3 cm³/mol. The van der Waals surface area contributed by atoms with Gasteiger partial charge in [-0.15, -0.1) is 0 Å². The molecule has 0 aromatic heterocycles. The Morgan fingerprint density at radius 1 is 1.05 bits per heavy atom. The van der Waals surface area contributed by atoms with E-state index in [2.05, 4.69) is 10.5 Å². The molecule has 0 saturated heterocycles. The number of methoxy groups -OCH3 is 1. The maximum Gasteiger partial charge on any atom is 0.271 e. The highest BCUT2D eigenvalue weighted by Crippen LogP contribution is 2.13.